The van der Waals surface area contributed by atoms with Crippen LogP contribution in [0.4, 0.5) is 10.1 Å². The van der Waals surface area contributed by atoms with Crippen molar-refractivity contribution in [2.75, 3.05) is 32.5 Å². The second-order valence-electron chi connectivity index (χ2n) is 9.33. The first-order valence-electron chi connectivity index (χ1n) is 12.1. The molecule has 0 radical (unpaired) electrons. The molecule has 3 N–H and O–H groups in total. The minimum Gasteiger partial charge on any atom is -0.384 e. The van der Waals surface area contributed by atoms with Crippen LogP contribution in [0, 0.1) is 5.82 Å². The third-order valence-corrected chi connectivity index (χ3v) is 6.46. The lowest BCUT2D eigenvalue weighted by atomic mass is 10.0. The number of likely N-dealkylation sites (N-methyl/N-ethyl adjacent to an activating group) is 1. The van der Waals surface area contributed by atoms with Crippen LogP contribution in [0.2, 0.25) is 0 Å². The summed E-state index contributed by atoms with van der Waals surface area (Å²) in [6, 6.07) is 19.2. The highest BCUT2D eigenvalue weighted by atomic mass is 19.1. The molecule has 0 amide bonds. The van der Waals surface area contributed by atoms with Crippen LogP contribution < -0.4 is 5.32 Å². The summed E-state index contributed by atoms with van der Waals surface area (Å²) in [4.78, 5) is 14.2. The quantitative estimate of drug-likeness (QED) is 0.257. The number of aromatic amines is 2. The number of aromatic nitrogens is 5. The van der Waals surface area contributed by atoms with Crippen molar-refractivity contribution < 1.29 is 4.39 Å². The second kappa shape index (κ2) is 9.48. The molecule has 0 saturated carbocycles. The molecule has 0 atom stereocenters. The van der Waals surface area contributed by atoms with Gasteiger partial charge >= 0.3 is 0 Å². The highest BCUT2D eigenvalue weighted by Gasteiger charge is 2.15. The minimum absolute atomic E-state index is 0.285. The van der Waals surface area contributed by atoms with E-state index in [1.54, 1.807) is 24.7 Å². The lowest BCUT2D eigenvalue weighted by molar-refractivity contribution is 0.425. The van der Waals surface area contributed by atoms with Crippen molar-refractivity contribution in [2.24, 2.45) is 0 Å². The third-order valence-electron chi connectivity index (χ3n) is 6.46. The van der Waals surface area contributed by atoms with E-state index in [9.17, 15) is 4.39 Å². The van der Waals surface area contributed by atoms with Gasteiger partial charge in [-0.2, -0.15) is 5.10 Å². The van der Waals surface area contributed by atoms with Gasteiger partial charge in [0.25, 0.3) is 0 Å². The Kier molecular flexibility index (Phi) is 5.86. The molecule has 0 fully saturated rings. The lowest BCUT2D eigenvalue weighted by Crippen LogP contribution is -2.20. The number of nitrogens with zero attached hydrogens (tertiary/aromatic N) is 4. The summed E-state index contributed by atoms with van der Waals surface area (Å²) >= 11 is 0. The van der Waals surface area contributed by atoms with Gasteiger partial charge in [0.2, 0.25) is 0 Å². The highest BCUT2D eigenvalue weighted by molar-refractivity contribution is 6.00. The molecule has 6 aromatic rings. The average Bonchev–Trinajstić information content (AvgIpc) is 3.52. The van der Waals surface area contributed by atoms with Gasteiger partial charge in [-0.05, 0) is 90.9 Å². The predicted molar refractivity (Wildman–Crippen MR) is 147 cm³/mol. The van der Waals surface area contributed by atoms with Crippen LogP contribution in [0.3, 0.4) is 0 Å². The van der Waals surface area contributed by atoms with E-state index in [0.29, 0.717) is 0 Å². The first-order valence-corrected chi connectivity index (χ1v) is 12.1. The molecule has 2 aromatic carbocycles. The molecule has 0 spiro atoms. The Balaban J connectivity index is 1.41. The van der Waals surface area contributed by atoms with Gasteiger partial charge in [-0.15, -0.1) is 0 Å². The van der Waals surface area contributed by atoms with Crippen molar-refractivity contribution in [3.8, 4) is 33.6 Å². The lowest BCUT2D eigenvalue weighted by Gasteiger charge is -2.13. The number of nitrogens with one attached hydrogen (secondary N) is 3. The summed E-state index contributed by atoms with van der Waals surface area (Å²) in [5, 5.41) is 13.0. The van der Waals surface area contributed by atoms with E-state index < -0.39 is 0 Å². The predicted octanol–water partition coefficient (Wildman–Crippen LogP) is 5.95. The van der Waals surface area contributed by atoms with E-state index in [1.165, 1.54) is 6.07 Å². The van der Waals surface area contributed by atoms with E-state index in [-0.39, 0.29) is 5.82 Å². The maximum atomic E-state index is 14.6. The first kappa shape index (κ1) is 22.9. The van der Waals surface area contributed by atoms with Crippen molar-refractivity contribution in [3.63, 3.8) is 0 Å². The first-order chi connectivity index (χ1) is 18.0. The number of anilines is 1. The van der Waals surface area contributed by atoms with Gasteiger partial charge in [-0.3, -0.25) is 10.1 Å². The smallest absolute Gasteiger partial charge is 0.138 e. The number of rotatable bonds is 7. The monoisotopic (exact) mass is 491 g/mol. The fraction of sp³-hybridized carbons (Fsp3) is 0.138. The van der Waals surface area contributed by atoms with Crippen LogP contribution in [0.15, 0.2) is 79.3 Å². The maximum absolute atomic E-state index is 14.6. The number of benzene rings is 2. The standard InChI is InChI=1S/C29H26FN7/c1-37(2)12-11-32-22-14-20(13-21(30)16-22)23-7-10-33-29-24(23)17-27(34-29)28-25-15-19(3-4-26(25)35-36-28)18-5-8-31-9-6-18/h3-10,13-17,32H,11-12H2,1-2H3,(H,33,34)(H,35,36). The van der Waals surface area contributed by atoms with Gasteiger partial charge in [-0.25, -0.2) is 9.37 Å². The fourth-order valence-corrected chi connectivity index (χ4v) is 4.62. The molecule has 4 heterocycles. The second-order valence-corrected chi connectivity index (χ2v) is 9.33. The molecule has 8 heteroatoms. The molecule has 4 aromatic heterocycles. The van der Waals surface area contributed by atoms with Gasteiger partial charge in [0.1, 0.15) is 17.2 Å². The zero-order valence-corrected chi connectivity index (χ0v) is 20.6. The number of hydrogen-bond acceptors (Lipinski definition) is 5. The fourth-order valence-electron chi connectivity index (χ4n) is 4.62. The van der Waals surface area contributed by atoms with Crippen molar-refractivity contribution in [1.29, 1.82) is 0 Å². The van der Waals surface area contributed by atoms with Gasteiger partial charge in [0.15, 0.2) is 0 Å². The van der Waals surface area contributed by atoms with Crippen molar-refractivity contribution in [3.05, 3.63) is 85.1 Å². The van der Waals surface area contributed by atoms with Crippen molar-refractivity contribution in [2.45, 2.75) is 0 Å². The molecule has 7 nitrogen and oxygen atoms in total. The SMILES string of the molecule is CN(C)CCNc1cc(F)cc(-c2ccnc3[nH]c(-c4n[nH]c5ccc(-c6ccncc6)cc45)cc23)c1. The van der Waals surface area contributed by atoms with E-state index in [0.717, 1.165) is 74.4 Å². The van der Waals surface area contributed by atoms with Gasteiger partial charge < -0.3 is 15.2 Å². The van der Waals surface area contributed by atoms with Crippen LogP contribution in [-0.4, -0.2) is 57.2 Å². The Labute approximate surface area is 213 Å². The Morgan fingerprint density at radius 3 is 2.57 bits per heavy atom. The molecule has 6 rings (SSSR count). The van der Waals surface area contributed by atoms with Gasteiger partial charge in [0, 0.05) is 48.1 Å². The summed E-state index contributed by atoms with van der Waals surface area (Å²) in [5.74, 6) is -0.285. The van der Waals surface area contributed by atoms with E-state index in [1.807, 2.05) is 50.5 Å². The number of fused-ring (bicyclic) bond motifs is 2. The molecule has 184 valence electrons. The molecule has 37 heavy (non-hydrogen) atoms. The zero-order valence-electron chi connectivity index (χ0n) is 20.6. The molecular weight excluding hydrogens is 465 g/mol. The van der Waals surface area contributed by atoms with Crippen LogP contribution in [0.1, 0.15) is 0 Å². The summed E-state index contributed by atoms with van der Waals surface area (Å²) in [6.45, 7) is 1.58. The normalized spacial score (nSPS) is 11.6. The largest absolute Gasteiger partial charge is 0.384 e. The zero-order chi connectivity index (χ0) is 25.4. The number of pyridine rings is 2. The Bertz CT molecular complexity index is 1700. The average molecular weight is 492 g/mol. The number of halogens is 1. The molecule has 0 aliphatic rings. The van der Waals surface area contributed by atoms with Crippen LogP contribution >= 0.6 is 0 Å². The van der Waals surface area contributed by atoms with Crippen molar-refractivity contribution >= 4 is 27.6 Å². The maximum Gasteiger partial charge on any atom is 0.138 e. The highest BCUT2D eigenvalue weighted by Crippen LogP contribution is 2.35. The number of hydrogen-bond donors (Lipinski definition) is 3. The van der Waals surface area contributed by atoms with E-state index in [2.05, 4.69) is 47.5 Å². The van der Waals surface area contributed by atoms with E-state index >= 15 is 0 Å². The number of H-pyrrole nitrogens is 2. The Morgan fingerprint density at radius 1 is 0.865 bits per heavy atom. The topological polar surface area (TPSA) is 85.5 Å². The van der Waals surface area contributed by atoms with E-state index in [4.69, 9.17) is 0 Å². The molecule has 0 unspecified atom stereocenters. The van der Waals surface area contributed by atoms with Crippen LogP contribution in [0.25, 0.3) is 55.6 Å². The summed E-state index contributed by atoms with van der Waals surface area (Å²) in [6.07, 6.45) is 5.32. The molecule has 0 aliphatic carbocycles. The van der Waals surface area contributed by atoms with Crippen LogP contribution in [0.5, 0.6) is 0 Å². The summed E-state index contributed by atoms with van der Waals surface area (Å²) in [5.41, 5.74) is 7.93. The molecule has 0 aliphatic heterocycles. The third kappa shape index (κ3) is 4.54. The van der Waals surface area contributed by atoms with Crippen LogP contribution in [-0.2, 0) is 0 Å². The van der Waals surface area contributed by atoms with Gasteiger partial charge in [0.05, 0.1) is 11.2 Å². The van der Waals surface area contributed by atoms with Crippen molar-refractivity contribution in [1.82, 2.24) is 30.0 Å². The summed E-state index contributed by atoms with van der Waals surface area (Å²) in [7, 11) is 4.02. The molecule has 0 bridgehead atoms. The Hall–Kier alpha value is -4.56. The summed E-state index contributed by atoms with van der Waals surface area (Å²) < 4.78 is 14.6. The Morgan fingerprint density at radius 2 is 1.73 bits per heavy atom. The molecule has 0 saturated heterocycles. The molecular formula is C29H26FN7. The van der Waals surface area contributed by atoms with Gasteiger partial charge in [-0.1, -0.05) is 6.07 Å². The minimum atomic E-state index is -0.285.